The van der Waals surface area contributed by atoms with Crippen molar-refractivity contribution in [1.82, 2.24) is 14.7 Å². The average Bonchev–Trinajstić information content (AvgIpc) is 3.24. The number of ether oxygens (including phenoxy) is 1. The standard InChI is InChI=1S/C16H12N4O4/c1-2-23-10-5-6-12-13(8-10)19-16(18-20(12)22)11(9-17-19)15(21)14-4-3-7-24-14/h3-9H,2H2,1H3. The summed E-state index contributed by atoms with van der Waals surface area (Å²) in [5.74, 6) is 0.377. The summed E-state index contributed by atoms with van der Waals surface area (Å²) in [6.07, 6.45) is 2.78. The lowest BCUT2D eigenvalue weighted by Crippen LogP contribution is -2.33. The molecule has 8 nitrogen and oxygen atoms in total. The molecule has 0 aliphatic heterocycles. The Balaban J connectivity index is 1.96. The molecule has 0 N–H and O–H groups in total. The van der Waals surface area contributed by atoms with Crippen LogP contribution >= 0.6 is 0 Å². The number of furan rings is 1. The van der Waals surface area contributed by atoms with Crippen LogP contribution in [-0.2, 0) is 0 Å². The fraction of sp³-hybridized carbons (Fsp3) is 0.125. The van der Waals surface area contributed by atoms with Crippen LogP contribution in [0, 0.1) is 5.21 Å². The van der Waals surface area contributed by atoms with E-state index < -0.39 is 0 Å². The number of nitrogens with zero attached hydrogens (tertiary/aromatic N) is 4. The van der Waals surface area contributed by atoms with E-state index in [1.54, 1.807) is 30.3 Å². The Bertz CT molecular complexity index is 1050. The Morgan fingerprint density at radius 2 is 2.29 bits per heavy atom. The number of hydrogen-bond acceptors (Lipinski definition) is 6. The average molecular weight is 324 g/mol. The van der Waals surface area contributed by atoms with Crippen LogP contribution in [0.3, 0.4) is 0 Å². The molecule has 8 heteroatoms. The van der Waals surface area contributed by atoms with Crippen molar-refractivity contribution >= 4 is 22.5 Å². The summed E-state index contributed by atoms with van der Waals surface area (Å²) in [7, 11) is 0. The monoisotopic (exact) mass is 324 g/mol. The van der Waals surface area contributed by atoms with Gasteiger partial charge in [-0.25, -0.2) is 4.52 Å². The van der Waals surface area contributed by atoms with Gasteiger partial charge in [0.05, 0.1) is 24.6 Å². The maximum atomic E-state index is 12.5. The van der Waals surface area contributed by atoms with Crippen LogP contribution in [-0.4, -0.2) is 27.1 Å². The van der Waals surface area contributed by atoms with E-state index in [1.807, 2.05) is 6.92 Å². The van der Waals surface area contributed by atoms with Crippen molar-refractivity contribution in [2.24, 2.45) is 0 Å². The summed E-state index contributed by atoms with van der Waals surface area (Å²) in [6.45, 7) is 2.37. The van der Waals surface area contributed by atoms with Gasteiger partial charge in [0.2, 0.25) is 11.4 Å². The van der Waals surface area contributed by atoms with Crippen molar-refractivity contribution in [3.63, 3.8) is 0 Å². The van der Waals surface area contributed by atoms with Crippen molar-refractivity contribution in [3.05, 3.63) is 59.3 Å². The highest BCUT2D eigenvalue weighted by molar-refractivity contribution is 6.11. The lowest BCUT2D eigenvalue weighted by atomic mass is 10.2. The molecule has 0 amide bonds. The first-order valence-corrected chi connectivity index (χ1v) is 7.31. The Kier molecular flexibility index (Phi) is 3.16. The van der Waals surface area contributed by atoms with Crippen LogP contribution in [0.25, 0.3) is 16.7 Å². The molecule has 0 saturated heterocycles. The van der Waals surface area contributed by atoms with Gasteiger partial charge in [-0.2, -0.15) is 5.10 Å². The van der Waals surface area contributed by atoms with Gasteiger partial charge < -0.3 is 14.4 Å². The maximum Gasteiger partial charge on any atom is 0.270 e. The second kappa shape index (κ2) is 5.34. The first-order valence-electron chi connectivity index (χ1n) is 7.31. The van der Waals surface area contributed by atoms with E-state index in [0.717, 1.165) is 0 Å². The fourth-order valence-corrected chi connectivity index (χ4v) is 2.55. The third-order valence-corrected chi connectivity index (χ3v) is 3.61. The van der Waals surface area contributed by atoms with E-state index in [9.17, 15) is 10.0 Å². The number of hydrogen-bond donors (Lipinski definition) is 0. The van der Waals surface area contributed by atoms with Crippen LogP contribution < -0.4 is 9.58 Å². The third kappa shape index (κ3) is 2.08. The zero-order valence-corrected chi connectivity index (χ0v) is 12.7. The molecule has 0 bridgehead atoms. The molecule has 3 aromatic heterocycles. The summed E-state index contributed by atoms with van der Waals surface area (Å²) < 4.78 is 12.0. The summed E-state index contributed by atoms with van der Waals surface area (Å²) in [4.78, 5) is 12.9. The molecule has 3 heterocycles. The highest BCUT2D eigenvalue weighted by atomic mass is 16.5. The zero-order chi connectivity index (χ0) is 16.7. The molecule has 1 aromatic carbocycles. The first-order chi connectivity index (χ1) is 11.7. The van der Waals surface area contributed by atoms with Crippen molar-refractivity contribution < 1.29 is 18.8 Å². The van der Waals surface area contributed by atoms with E-state index in [1.165, 1.54) is 17.0 Å². The van der Waals surface area contributed by atoms with Gasteiger partial charge in [0.15, 0.2) is 5.76 Å². The molecule has 0 saturated carbocycles. The lowest BCUT2D eigenvalue weighted by Gasteiger charge is -2.05. The molecule has 0 atom stereocenters. The number of carbonyl (C=O) groups excluding carboxylic acids is 1. The minimum Gasteiger partial charge on any atom is -0.594 e. The topological polar surface area (TPSA) is 96.6 Å². The number of fused-ring (bicyclic) bond motifs is 3. The maximum absolute atomic E-state index is 12.5. The minimum absolute atomic E-state index is 0.160. The van der Waals surface area contributed by atoms with Crippen LogP contribution in [0.15, 0.2) is 47.2 Å². The highest BCUT2D eigenvalue weighted by Gasteiger charge is 2.23. The summed E-state index contributed by atoms with van der Waals surface area (Å²) in [6, 6.07) is 8.15. The van der Waals surface area contributed by atoms with Gasteiger partial charge in [-0.3, -0.25) is 4.79 Å². The van der Waals surface area contributed by atoms with E-state index in [2.05, 4.69) is 10.2 Å². The first kappa shape index (κ1) is 14.2. The molecule has 0 unspecified atom stereocenters. The second-order valence-electron chi connectivity index (χ2n) is 5.06. The van der Waals surface area contributed by atoms with Crippen LogP contribution in [0.1, 0.15) is 23.0 Å². The normalized spacial score (nSPS) is 11.2. The predicted octanol–water partition coefficient (Wildman–Crippen LogP) is 1.74. The Labute approximate surface area is 135 Å². The number of ketones is 1. The molecule has 0 radical (unpaired) electrons. The van der Waals surface area contributed by atoms with Gasteiger partial charge in [0, 0.05) is 17.2 Å². The summed E-state index contributed by atoms with van der Waals surface area (Å²) in [5, 5.41) is 20.3. The Morgan fingerprint density at radius 3 is 3.04 bits per heavy atom. The molecule has 0 fully saturated rings. The van der Waals surface area contributed by atoms with Crippen LogP contribution in [0.4, 0.5) is 0 Å². The zero-order valence-electron chi connectivity index (χ0n) is 12.7. The van der Waals surface area contributed by atoms with Gasteiger partial charge >= 0.3 is 0 Å². The second-order valence-corrected chi connectivity index (χ2v) is 5.06. The Hall–Kier alpha value is -3.42. The van der Waals surface area contributed by atoms with Gasteiger partial charge in [-0.05, 0) is 30.0 Å². The van der Waals surface area contributed by atoms with Crippen LogP contribution in [0.2, 0.25) is 0 Å². The van der Waals surface area contributed by atoms with E-state index in [0.29, 0.717) is 28.2 Å². The molecule has 0 aliphatic carbocycles. The molecule has 120 valence electrons. The molecule has 24 heavy (non-hydrogen) atoms. The highest BCUT2D eigenvalue weighted by Crippen LogP contribution is 2.21. The number of carbonyl (C=O) groups is 1. The fourth-order valence-electron chi connectivity index (χ4n) is 2.55. The molecule has 4 aromatic rings. The number of aromatic nitrogens is 4. The number of rotatable bonds is 4. The summed E-state index contributed by atoms with van der Waals surface area (Å²) >= 11 is 0. The van der Waals surface area contributed by atoms with Crippen LogP contribution in [0.5, 0.6) is 5.75 Å². The molecular weight excluding hydrogens is 312 g/mol. The summed E-state index contributed by atoms with van der Waals surface area (Å²) in [5.41, 5.74) is 1.18. The van der Waals surface area contributed by atoms with Gasteiger partial charge in [0.1, 0.15) is 11.3 Å². The SMILES string of the molecule is CCOc1ccc2c(c1)n1ncc(C(=O)c3ccco3)c1n[n+]2[O-]. The van der Waals surface area contributed by atoms with Gasteiger partial charge in [0.25, 0.3) is 5.52 Å². The van der Waals surface area contributed by atoms with Crippen molar-refractivity contribution in [1.29, 1.82) is 0 Å². The van der Waals surface area contributed by atoms with E-state index >= 15 is 0 Å². The van der Waals surface area contributed by atoms with Gasteiger partial charge in [-0.1, -0.05) is 0 Å². The van der Waals surface area contributed by atoms with Gasteiger partial charge in [-0.15, -0.1) is 0 Å². The number of benzene rings is 1. The van der Waals surface area contributed by atoms with E-state index in [4.69, 9.17) is 9.15 Å². The van der Waals surface area contributed by atoms with Crippen molar-refractivity contribution in [3.8, 4) is 5.75 Å². The van der Waals surface area contributed by atoms with E-state index in [-0.39, 0.29) is 22.8 Å². The molecular formula is C16H12N4O4. The largest absolute Gasteiger partial charge is 0.594 e. The van der Waals surface area contributed by atoms with Crippen molar-refractivity contribution in [2.75, 3.05) is 6.61 Å². The predicted molar refractivity (Wildman–Crippen MR) is 82.8 cm³/mol. The third-order valence-electron chi connectivity index (χ3n) is 3.61. The molecule has 0 spiro atoms. The molecule has 4 rings (SSSR count). The Morgan fingerprint density at radius 1 is 1.42 bits per heavy atom. The molecule has 0 aliphatic rings. The smallest absolute Gasteiger partial charge is 0.270 e. The minimum atomic E-state index is -0.386. The lowest BCUT2D eigenvalue weighted by molar-refractivity contribution is -0.640. The van der Waals surface area contributed by atoms with Crippen molar-refractivity contribution in [2.45, 2.75) is 6.92 Å². The quantitative estimate of drug-likeness (QED) is 0.322.